The van der Waals surface area contributed by atoms with Crippen LogP contribution < -0.4 is 4.74 Å². The Hall–Kier alpha value is -1.28. The van der Waals surface area contributed by atoms with Gasteiger partial charge < -0.3 is 4.74 Å². The highest BCUT2D eigenvalue weighted by atomic mass is 79.9. The van der Waals surface area contributed by atoms with Gasteiger partial charge in [-0.05, 0) is 35.1 Å². The van der Waals surface area contributed by atoms with Gasteiger partial charge in [-0.1, -0.05) is 72.2 Å². The van der Waals surface area contributed by atoms with E-state index in [2.05, 4.69) is 72.2 Å². The summed E-state index contributed by atoms with van der Waals surface area (Å²) in [5, 5.41) is 0. The van der Waals surface area contributed by atoms with E-state index in [4.69, 9.17) is 4.74 Å². The average Bonchev–Trinajstić information content (AvgIpc) is 2.53. The summed E-state index contributed by atoms with van der Waals surface area (Å²) < 4.78 is 5.77. The summed E-state index contributed by atoms with van der Waals surface area (Å²) in [7, 11) is 0. The molecule has 1 aliphatic rings. The molecule has 110 valence electrons. The van der Waals surface area contributed by atoms with Gasteiger partial charge in [0.2, 0.25) is 0 Å². The minimum absolute atomic E-state index is 0.337. The van der Waals surface area contributed by atoms with E-state index in [0.29, 0.717) is 16.7 Å². The molecule has 1 heterocycles. The Kier molecular flexibility index (Phi) is 4.34. The third-order valence-electron chi connectivity index (χ3n) is 4.28. The van der Waals surface area contributed by atoms with Crippen molar-refractivity contribution in [1.82, 2.24) is 0 Å². The van der Waals surface area contributed by atoms with Crippen molar-refractivity contribution in [2.24, 2.45) is 0 Å². The van der Waals surface area contributed by atoms with E-state index in [1.165, 1.54) is 16.7 Å². The zero-order valence-corrected chi connectivity index (χ0v) is 14.1. The normalized spacial score (nSPS) is 19.0. The number of fused-ring (bicyclic) bond motifs is 1. The summed E-state index contributed by atoms with van der Waals surface area (Å²) in [6.45, 7) is 5.26. The molecule has 0 saturated carbocycles. The van der Waals surface area contributed by atoms with Crippen LogP contribution in [0.15, 0.2) is 48.5 Å². The maximum absolute atomic E-state index is 5.77. The quantitative estimate of drug-likeness (QED) is 0.638. The van der Waals surface area contributed by atoms with Crippen LogP contribution in [0.25, 0.3) is 0 Å². The Bertz CT molecular complexity index is 603. The van der Waals surface area contributed by atoms with Gasteiger partial charge >= 0.3 is 0 Å². The van der Waals surface area contributed by atoms with Crippen LogP contribution in [-0.2, 0) is 0 Å². The molecule has 0 fully saturated rings. The van der Waals surface area contributed by atoms with Crippen LogP contribution in [0.4, 0.5) is 0 Å². The Morgan fingerprint density at radius 2 is 1.67 bits per heavy atom. The molecule has 2 unspecified atom stereocenters. The van der Waals surface area contributed by atoms with Crippen molar-refractivity contribution in [3.8, 4) is 5.75 Å². The Labute approximate surface area is 135 Å². The van der Waals surface area contributed by atoms with Gasteiger partial charge in [0.25, 0.3) is 0 Å². The van der Waals surface area contributed by atoms with E-state index in [-0.39, 0.29) is 0 Å². The minimum atomic E-state index is 0.337. The second-order valence-electron chi connectivity index (χ2n) is 6.00. The predicted octanol–water partition coefficient (Wildman–Crippen LogP) is 5.81. The second-order valence-corrected chi connectivity index (χ2v) is 6.99. The van der Waals surface area contributed by atoms with E-state index in [0.717, 1.165) is 18.8 Å². The van der Waals surface area contributed by atoms with Crippen molar-refractivity contribution in [3.05, 3.63) is 65.2 Å². The number of ether oxygens (including phenoxy) is 1. The summed E-state index contributed by atoms with van der Waals surface area (Å²) in [5.74, 6) is 2.09. The Morgan fingerprint density at radius 1 is 1.00 bits per heavy atom. The third-order valence-corrected chi connectivity index (χ3v) is 5.45. The Morgan fingerprint density at radius 3 is 2.38 bits per heavy atom. The van der Waals surface area contributed by atoms with Crippen molar-refractivity contribution in [2.45, 2.75) is 36.9 Å². The smallest absolute Gasteiger partial charge is 0.122 e. The van der Waals surface area contributed by atoms with Crippen LogP contribution in [0, 0.1) is 0 Å². The maximum Gasteiger partial charge on any atom is 0.122 e. The molecule has 0 aliphatic carbocycles. The van der Waals surface area contributed by atoms with Gasteiger partial charge in [0.1, 0.15) is 5.75 Å². The van der Waals surface area contributed by atoms with Gasteiger partial charge in [-0.25, -0.2) is 0 Å². The molecule has 0 spiro atoms. The maximum atomic E-state index is 5.77. The average molecular weight is 345 g/mol. The third kappa shape index (κ3) is 3.01. The summed E-state index contributed by atoms with van der Waals surface area (Å²) >= 11 is 3.92. The lowest BCUT2D eigenvalue weighted by molar-refractivity contribution is 0.266. The highest BCUT2D eigenvalue weighted by Gasteiger charge is 2.28. The summed E-state index contributed by atoms with van der Waals surface area (Å²) in [4.78, 5) is 0.337. The predicted molar refractivity (Wildman–Crippen MR) is 91.5 cm³/mol. The minimum Gasteiger partial charge on any atom is -0.493 e. The second kappa shape index (κ2) is 6.23. The molecule has 1 nitrogen and oxygen atoms in total. The van der Waals surface area contributed by atoms with Crippen LogP contribution in [0.2, 0.25) is 0 Å². The first kappa shape index (κ1) is 14.6. The van der Waals surface area contributed by atoms with E-state index in [9.17, 15) is 0 Å². The van der Waals surface area contributed by atoms with Crippen molar-refractivity contribution in [2.75, 3.05) is 6.61 Å². The largest absolute Gasteiger partial charge is 0.493 e. The zero-order chi connectivity index (χ0) is 14.8. The molecule has 0 saturated heterocycles. The molecule has 2 aromatic rings. The van der Waals surface area contributed by atoms with Crippen molar-refractivity contribution in [1.29, 1.82) is 0 Å². The molecule has 0 aromatic heterocycles. The molecule has 1 aliphatic heterocycles. The molecule has 2 atom stereocenters. The highest BCUT2D eigenvalue weighted by Crippen LogP contribution is 2.45. The first-order valence-electron chi connectivity index (χ1n) is 7.62. The molecular weight excluding hydrogens is 324 g/mol. The van der Waals surface area contributed by atoms with Gasteiger partial charge in [-0.3, -0.25) is 0 Å². The van der Waals surface area contributed by atoms with Crippen molar-refractivity contribution >= 4 is 15.9 Å². The number of rotatable bonds is 3. The number of benzene rings is 2. The molecular formula is C19H21BrO. The number of halogens is 1. The first-order chi connectivity index (χ1) is 10.2. The van der Waals surface area contributed by atoms with Gasteiger partial charge in [0.05, 0.1) is 6.61 Å². The zero-order valence-electron chi connectivity index (χ0n) is 12.6. The standard InChI is InChI=1S/C19H21BrO/c1-13(2)14-7-9-15(10-8-14)19(20)17-11-12-21-18-6-4-3-5-16(17)18/h3-10,13,17,19H,11-12H2,1-2H3. The van der Waals surface area contributed by atoms with Crippen LogP contribution in [0.1, 0.15) is 53.6 Å². The van der Waals surface area contributed by atoms with E-state index >= 15 is 0 Å². The topological polar surface area (TPSA) is 9.23 Å². The molecule has 0 N–H and O–H groups in total. The van der Waals surface area contributed by atoms with Crippen molar-refractivity contribution in [3.63, 3.8) is 0 Å². The van der Waals surface area contributed by atoms with E-state index in [1.807, 2.05) is 6.07 Å². The SMILES string of the molecule is CC(C)c1ccc(C(Br)C2CCOc3ccccc32)cc1. The summed E-state index contributed by atoms with van der Waals surface area (Å²) in [6, 6.07) is 17.4. The van der Waals surface area contributed by atoms with Gasteiger partial charge in [0.15, 0.2) is 0 Å². The van der Waals surface area contributed by atoms with Crippen LogP contribution in [0.3, 0.4) is 0 Å². The fraction of sp³-hybridized carbons (Fsp3) is 0.368. The molecule has 2 heteroatoms. The molecule has 0 radical (unpaired) electrons. The van der Waals surface area contributed by atoms with Gasteiger partial charge in [0, 0.05) is 10.7 Å². The van der Waals surface area contributed by atoms with Crippen LogP contribution >= 0.6 is 15.9 Å². The molecule has 3 rings (SSSR count). The van der Waals surface area contributed by atoms with Crippen LogP contribution in [0.5, 0.6) is 5.75 Å². The fourth-order valence-corrected chi connectivity index (χ4v) is 3.83. The van der Waals surface area contributed by atoms with Crippen LogP contribution in [-0.4, -0.2) is 6.61 Å². The van der Waals surface area contributed by atoms with E-state index < -0.39 is 0 Å². The van der Waals surface area contributed by atoms with E-state index in [1.54, 1.807) is 0 Å². The summed E-state index contributed by atoms with van der Waals surface area (Å²) in [6.07, 6.45) is 1.05. The molecule has 0 amide bonds. The number of para-hydroxylation sites is 1. The van der Waals surface area contributed by atoms with Gasteiger partial charge in [-0.15, -0.1) is 0 Å². The molecule has 21 heavy (non-hydrogen) atoms. The lowest BCUT2D eigenvalue weighted by Gasteiger charge is -2.29. The summed E-state index contributed by atoms with van der Waals surface area (Å²) in [5.41, 5.74) is 4.06. The monoisotopic (exact) mass is 344 g/mol. The number of hydrogen-bond donors (Lipinski definition) is 0. The Balaban J connectivity index is 1.87. The first-order valence-corrected chi connectivity index (χ1v) is 8.54. The number of alkyl halides is 1. The molecule has 0 bridgehead atoms. The van der Waals surface area contributed by atoms with Crippen molar-refractivity contribution < 1.29 is 4.74 Å². The lowest BCUT2D eigenvalue weighted by Crippen LogP contribution is -2.17. The number of hydrogen-bond acceptors (Lipinski definition) is 1. The fourth-order valence-electron chi connectivity index (χ4n) is 2.97. The lowest BCUT2D eigenvalue weighted by atomic mass is 9.87. The highest BCUT2D eigenvalue weighted by molar-refractivity contribution is 9.09. The van der Waals surface area contributed by atoms with Gasteiger partial charge in [-0.2, -0.15) is 0 Å². The molecule has 2 aromatic carbocycles.